The van der Waals surface area contributed by atoms with E-state index in [-0.39, 0.29) is 0 Å². The molecule has 2 heteroatoms. The molecule has 2 aromatic carbocycles. The molecule has 0 saturated carbocycles. The van der Waals surface area contributed by atoms with E-state index in [1.165, 1.54) is 22.3 Å². The van der Waals surface area contributed by atoms with Crippen LogP contribution < -0.4 is 11.5 Å². The zero-order valence-corrected chi connectivity index (χ0v) is 10.1. The molecule has 2 nitrogen and oxygen atoms in total. The minimum Gasteiger partial charge on any atom is -0.326 e. The van der Waals surface area contributed by atoms with Crippen molar-refractivity contribution in [3.63, 3.8) is 0 Å². The summed E-state index contributed by atoms with van der Waals surface area (Å²) in [4.78, 5) is 0. The second kappa shape index (κ2) is 5.13. The Morgan fingerprint density at radius 1 is 0.941 bits per heavy atom. The third-order valence-electron chi connectivity index (χ3n) is 2.96. The number of nitrogens with two attached hydrogens (primary N) is 2. The summed E-state index contributed by atoms with van der Waals surface area (Å²) in [6.45, 7) is 3.22. The molecule has 0 aliphatic heterocycles. The highest BCUT2D eigenvalue weighted by Gasteiger charge is 2.04. The molecule has 0 aliphatic carbocycles. The van der Waals surface area contributed by atoms with E-state index in [1.54, 1.807) is 0 Å². The summed E-state index contributed by atoms with van der Waals surface area (Å²) in [7, 11) is 0. The van der Waals surface area contributed by atoms with Crippen LogP contribution in [-0.4, -0.2) is 0 Å². The highest BCUT2D eigenvalue weighted by Crippen LogP contribution is 2.25. The van der Waals surface area contributed by atoms with Crippen molar-refractivity contribution in [2.24, 2.45) is 11.5 Å². The molecule has 88 valence electrons. The quantitative estimate of drug-likeness (QED) is 0.845. The van der Waals surface area contributed by atoms with Gasteiger partial charge in [-0.2, -0.15) is 0 Å². The van der Waals surface area contributed by atoms with Crippen molar-refractivity contribution in [2.75, 3.05) is 0 Å². The first-order chi connectivity index (χ1) is 8.24. The van der Waals surface area contributed by atoms with Gasteiger partial charge in [0.05, 0.1) is 0 Å². The zero-order chi connectivity index (χ0) is 12.3. The Balaban J connectivity index is 2.54. The number of hydrogen-bond acceptors (Lipinski definition) is 2. The van der Waals surface area contributed by atoms with E-state index in [0.717, 1.165) is 5.56 Å². The molecule has 0 spiro atoms. The first-order valence-corrected chi connectivity index (χ1v) is 5.83. The van der Waals surface area contributed by atoms with Crippen LogP contribution in [0.2, 0.25) is 0 Å². The predicted molar refractivity (Wildman–Crippen MR) is 72.4 cm³/mol. The fourth-order valence-electron chi connectivity index (χ4n) is 2.00. The van der Waals surface area contributed by atoms with Crippen LogP contribution in [0.1, 0.15) is 16.7 Å². The van der Waals surface area contributed by atoms with E-state index in [1.807, 2.05) is 12.1 Å². The number of benzene rings is 2. The van der Waals surface area contributed by atoms with Crippen LogP contribution in [0.5, 0.6) is 0 Å². The summed E-state index contributed by atoms with van der Waals surface area (Å²) < 4.78 is 0. The molecule has 0 saturated heterocycles. The standard InChI is InChI=1S/C15H18N2/c1-11-5-6-14(10-17)15(7-11)13-4-2-3-12(8-13)9-16/h2-8H,9-10,16-17H2,1H3. The van der Waals surface area contributed by atoms with Gasteiger partial charge in [0, 0.05) is 13.1 Å². The van der Waals surface area contributed by atoms with Gasteiger partial charge >= 0.3 is 0 Å². The largest absolute Gasteiger partial charge is 0.326 e. The van der Waals surface area contributed by atoms with Gasteiger partial charge in [-0.15, -0.1) is 0 Å². The molecule has 0 aliphatic rings. The second-order valence-electron chi connectivity index (χ2n) is 4.27. The Morgan fingerprint density at radius 3 is 2.47 bits per heavy atom. The van der Waals surface area contributed by atoms with E-state index < -0.39 is 0 Å². The molecule has 0 amide bonds. The summed E-state index contributed by atoms with van der Waals surface area (Å²) in [6.07, 6.45) is 0. The van der Waals surface area contributed by atoms with Crippen LogP contribution in [0.15, 0.2) is 42.5 Å². The molecule has 0 bridgehead atoms. The Labute approximate surface area is 102 Å². The van der Waals surface area contributed by atoms with Gasteiger partial charge in [0.1, 0.15) is 0 Å². The summed E-state index contributed by atoms with van der Waals surface area (Å²) >= 11 is 0. The van der Waals surface area contributed by atoms with Gasteiger partial charge in [-0.1, -0.05) is 42.0 Å². The summed E-state index contributed by atoms with van der Waals surface area (Å²) in [5.74, 6) is 0. The summed E-state index contributed by atoms with van der Waals surface area (Å²) in [5, 5.41) is 0. The van der Waals surface area contributed by atoms with E-state index in [4.69, 9.17) is 11.5 Å². The smallest absolute Gasteiger partial charge is 0.0184 e. The topological polar surface area (TPSA) is 52.0 Å². The van der Waals surface area contributed by atoms with E-state index in [9.17, 15) is 0 Å². The maximum Gasteiger partial charge on any atom is 0.0184 e. The van der Waals surface area contributed by atoms with Gasteiger partial charge in [-0.05, 0) is 35.2 Å². The first kappa shape index (κ1) is 11.8. The average Bonchev–Trinajstić information content (AvgIpc) is 2.39. The van der Waals surface area contributed by atoms with Crippen molar-refractivity contribution in [3.05, 3.63) is 59.2 Å². The minimum atomic E-state index is 0.558. The molecule has 0 atom stereocenters. The van der Waals surface area contributed by atoms with Gasteiger partial charge < -0.3 is 11.5 Å². The van der Waals surface area contributed by atoms with Gasteiger partial charge in [-0.25, -0.2) is 0 Å². The van der Waals surface area contributed by atoms with Crippen LogP contribution in [-0.2, 0) is 13.1 Å². The van der Waals surface area contributed by atoms with Crippen LogP contribution in [0.4, 0.5) is 0 Å². The molecular weight excluding hydrogens is 208 g/mol. The lowest BCUT2D eigenvalue weighted by Crippen LogP contribution is -2.00. The van der Waals surface area contributed by atoms with Crippen LogP contribution in [0.3, 0.4) is 0 Å². The van der Waals surface area contributed by atoms with Crippen LogP contribution in [0.25, 0.3) is 11.1 Å². The number of rotatable bonds is 3. The predicted octanol–water partition coefficient (Wildman–Crippen LogP) is 2.58. The average molecular weight is 226 g/mol. The monoisotopic (exact) mass is 226 g/mol. The zero-order valence-electron chi connectivity index (χ0n) is 10.1. The van der Waals surface area contributed by atoms with Crippen LogP contribution >= 0.6 is 0 Å². The van der Waals surface area contributed by atoms with Crippen molar-refractivity contribution in [1.29, 1.82) is 0 Å². The van der Waals surface area contributed by atoms with Gasteiger partial charge in [0.25, 0.3) is 0 Å². The van der Waals surface area contributed by atoms with E-state index >= 15 is 0 Å². The van der Waals surface area contributed by atoms with Gasteiger partial charge in [0.2, 0.25) is 0 Å². The maximum atomic E-state index is 5.78. The highest BCUT2D eigenvalue weighted by atomic mass is 14.5. The molecular formula is C15H18N2. The Morgan fingerprint density at radius 2 is 1.76 bits per heavy atom. The van der Waals surface area contributed by atoms with Gasteiger partial charge in [-0.3, -0.25) is 0 Å². The second-order valence-corrected chi connectivity index (χ2v) is 4.27. The molecule has 0 heterocycles. The third-order valence-corrected chi connectivity index (χ3v) is 2.96. The lowest BCUT2D eigenvalue weighted by Gasteiger charge is -2.10. The Kier molecular flexibility index (Phi) is 3.57. The fraction of sp³-hybridized carbons (Fsp3) is 0.200. The van der Waals surface area contributed by atoms with Gasteiger partial charge in [0.15, 0.2) is 0 Å². The van der Waals surface area contributed by atoms with Crippen molar-refractivity contribution < 1.29 is 0 Å². The Bertz CT molecular complexity index is 518. The molecule has 2 aromatic rings. The van der Waals surface area contributed by atoms with E-state index in [0.29, 0.717) is 13.1 Å². The van der Waals surface area contributed by atoms with Crippen LogP contribution in [0, 0.1) is 6.92 Å². The first-order valence-electron chi connectivity index (χ1n) is 5.83. The lowest BCUT2D eigenvalue weighted by atomic mass is 9.96. The summed E-state index contributed by atoms with van der Waals surface area (Å²) in [6, 6.07) is 14.7. The fourth-order valence-corrected chi connectivity index (χ4v) is 2.00. The third kappa shape index (κ3) is 2.54. The Hall–Kier alpha value is -1.64. The number of hydrogen-bond donors (Lipinski definition) is 2. The molecule has 0 radical (unpaired) electrons. The summed E-state index contributed by atoms with van der Waals surface area (Å²) in [5.41, 5.74) is 17.4. The molecule has 2 rings (SSSR count). The minimum absolute atomic E-state index is 0.558. The molecule has 0 fully saturated rings. The molecule has 0 unspecified atom stereocenters. The maximum absolute atomic E-state index is 5.78. The number of aryl methyl sites for hydroxylation is 1. The van der Waals surface area contributed by atoms with Crippen molar-refractivity contribution >= 4 is 0 Å². The molecule has 0 aromatic heterocycles. The van der Waals surface area contributed by atoms with Crippen molar-refractivity contribution in [3.8, 4) is 11.1 Å². The lowest BCUT2D eigenvalue weighted by molar-refractivity contribution is 1.06. The molecule has 17 heavy (non-hydrogen) atoms. The SMILES string of the molecule is Cc1ccc(CN)c(-c2cccc(CN)c2)c1. The van der Waals surface area contributed by atoms with Crippen molar-refractivity contribution in [2.45, 2.75) is 20.0 Å². The normalized spacial score (nSPS) is 10.5. The highest BCUT2D eigenvalue weighted by molar-refractivity contribution is 5.68. The van der Waals surface area contributed by atoms with E-state index in [2.05, 4.69) is 37.3 Å². The van der Waals surface area contributed by atoms with Crippen molar-refractivity contribution in [1.82, 2.24) is 0 Å². The molecule has 4 N–H and O–H groups in total.